The molecule has 0 radical (unpaired) electrons. The molecule has 0 spiro atoms. The minimum atomic E-state index is 0.298. The number of pyridine rings is 1. The van der Waals surface area contributed by atoms with Crippen LogP contribution in [0.15, 0.2) is 18.5 Å². The Balaban J connectivity index is 2.15. The third-order valence-corrected chi connectivity index (χ3v) is 3.35. The van der Waals surface area contributed by atoms with E-state index in [4.69, 9.17) is 5.73 Å². The van der Waals surface area contributed by atoms with Crippen molar-refractivity contribution in [1.29, 1.82) is 0 Å². The van der Waals surface area contributed by atoms with Crippen molar-refractivity contribution in [1.82, 2.24) is 4.98 Å². The molecular formula is C12H19N3. The number of hydrogen-bond acceptors (Lipinski definition) is 3. The van der Waals surface area contributed by atoms with Crippen LogP contribution in [0.3, 0.4) is 0 Å². The van der Waals surface area contributed by atoms with Crippen LogP contribution in [0.4, 0.5) is 5.69 Å². The minimum Gasteiger partial charge on any atom is -0.370 e. The van der Waals surface area contributed by atoms with Gasteiger partial charge in [0, 0.05) is 37.2 Å². The van der Waals surface area contributed by atoms with E-state index in [2.05, 4.69) is 29.8 Å². The number of aryl methyl sites for hydroxylation is 1. The van der Waals surface area contributed by atoms with Crippen LogP contribution in [0, 0.1) is 12.8 Å². The van der Waals surface area contributed by atoms with Crippen molar-refractivity contribution in [2.24, 2.45) is 11.7 Å². The van der Waals surface area contributed by atoms with Gasteiger partial charge in [-0.3, -0.25) is 4.98 Å². The molecule has 2 atom stereocenters. The second-order valence-corrected chi connectivity index (χ2v) is 4.54. The van der Waals surface area contributed by atoms with E-state index in [-0.39, 0.29) is 0 Å². The van der Waals surface area contributed by atoms with E-state index < -0.39 is 0 Å². The first-order valence-electron chi connectivity index (χ1n) is 5.59. The summed E-state index contributed by atoms with van der Waals surface area (Å²) in [7, 11) is 0. The number of hydrogen-bond donors (Lipinski definition) is 1. The Morgan fingerprint density at radius 2 is 2.33 bits per heavy atom. The first kappa shape index (κ1) is 10.4. The lowest BCUT2D eigenvalue weighted by Crippen LogP contribution is -2.47. The highest BCUT2D eigenvalue weighted by Gasteiger charge is 2.23. The lowest BCUT2D eigenvalue weighted by Gasteiger charge is -2.37. The van der Waals surface area contributed by atoms with Crippen LogP contribution in [-0.2, 0) is 0 Å². The highest BCUT2D eigenvalue weighted by Crippen LogP contribution is 2.24. The van der Waals surface area contributed by atoms with Gasteiger partial charge < -0.3 is 10.6 Å². The van der Waals surface area contributed by atoms with Crippen LogP contribution in [-0.4, -0.2) is 24.1 Å². The Kier molecular flexibility index (Phi) is 2.91. The van der Waals surface area contributed by atoms with E-state index in [1.165, 1.54) is 17.7 Å². The fourth-order valence-corrected chi connectivity index (χ4v) is 2.14. The summed E-state index contributed by atoms with van der Waals surface area (Å²) in [5.74, 6) is 0.642. The molecule has 1 aromatic rings. The van der Waals surface area contributed by atoms with Crippen LogP contribution in [0.5, 0.6) is 0 Å². The van der Waals surface area contributed by atoms with Gasteiger partial charge in [0.15, 0.2) is 0 Å². The SMILES string of the molecule is Cc1cnccc1N1CCC(C)C(N)C1. The van der Waals surface area contributed by atoms with E-state index >= 15 is 0 Å². The van der Waals surface area contributed by atoms with Gasteiger partial charge in [-0.2, -0.15) is 0 Å². The monoisotopic (exact) mass is 205 g/mol. The molecule has 1 aliphatic heterocycles. The first-order chi connectivity index (χ1) is 7.18. The normalized spacial score (nSPS) is 26.7. The van der Waals surface area contributed by atoms with Crippen molar-refractivity contribution in [2.45, 2.75) is 26.3 Å². The molecule has 2 rings (SSSR count). The summed E-state index contributed by atoms with van der Waals surface area (Å²) >= 11 is 0. The molecule has 1 fully saturated rings. The zero-order valence-electron chi connectivity index (χ0n) is 9.48. The molecule has 1 aliphatic rings. The highest BCUT2D eigenvalue weighted by molar-refractivity contribution is 5.52. The van der Waals surface area contributed by atoms with Gasteiger partial charge in [-0.05, 0) is 30.9 Å². The molecule has 1 aromatic heterocycles. The second kappa shape index (κ2) is 4.19. The van der Waals surface area contributed by atoms with Gasteiger partial charge in [-0.25, -0.2) is 0 Å². The van der Waals surface area contributed by atoms with Crippen LogP contribution in [0.25, 0.3) is 0 Å². The zero-order valence-corrected chi connectivity index (χ0v) is 9.48. The number of nitrogens with two attached hydrogens (primary N) is 1. The molecule has 82 valence electrons. The third-order valence-electron chi connectivity index (χ3n) is 3.35. The van der Waals surface area contributed by atoms with Crippen molar-refractivity contribution < 1.29 is 0 Å². The summed E-state index contributed by atoms with van der Waals surface area (Å²) in [5, 5.41) is 0. The molecule has 0 saturated carbocycles. The summed E-state index contributed by atoms with van der Waals surface area (Å²) in [6.45, 7) is 6.42. The second-order valence-electron chi connectivity index (χ2n) is 4.54. The van der Waals surface area contributed by atoms with Crippen LogP contribution >= 0.6 is 0 Å². The lowest BCUT2D eigenvalue weighted by molar-refractivity contribution is 0.379. The molecule has 2 unspecified atom stereocenters. The van der Waals surface area contributed by atoms with Gasteiger partial charge in [0.2, 0.25) is 0 Å². The number of piperidine rings is 1. The number of nitrogens with zero attached hydrogens (tertiary/aromatic N) is 2. The van der Waals surface area contributed by atoms with Crippen molar-refractivity contribution >= 4 is 5.69 Å². The Morgan fingerprint density at radius 1 is 1.53 bits per heavy atom. The van der Waals surface area contributed by atoms with Crippen molar-refractivity contribution in [3.8, 4) is 0 Å². The fraction of sp³-hybridized carbons (Fsp3) is 0.583. The highest BCUT2D eigenvalue weighted by atomic mass is 15.2. The molecule has 2 N–H and O–H groups in total. The summed E-state index contributed by atoms with van der Waals surface area (Å²) in [4.78, 5) is 6.49. The fourth-order valence-electron chi connectivity index (χ4n) is 2.14. The molecule has 0 aliphatic carbocycles. The van der Waals surface area contributed by atoms with Crippen LogP contribution in [0.1, 0.15) is 18.9 Å². The van der Waals surface area contributed by atoms with E-state index in [1.54, 1.807) is 0 Å². The smallest absolute Gasteiger partial charge is 0.0427 e. The Bertz CT molecular complexity index is 337. The Hall–Kier alpha value is -1.09. The quantitative estimate of drug-likeness (QED) is 0.756. The summed E-state index contributed by atoms with van der Waals surface area (Å²) in [6, 6.07) is 2.38. The third kappa shape index (κ3) is 2.12. The van der Waals surface area contributed by atoms with Gasteiger partial charge in [0.05, 0.1) is 0 Å². The van der Waals surface area contributed by atoms with Crippen LogP contribution in [0.2, 0.25) is 0 Å². The first-order valence-corrected chi connectivity index (χ1v) is 5.59. The Labute approximate surface area is 91.3 Å². The minimum absolute atomic E-state index is 0.298. The average Bonchev–Trinajstić information content (AvgIpc) is 2.23. The van der Waals surface area contributed by atoms with Gasteiger partial charge in [0.1, 0.15) is 0 Å². The summed E-state index contributed by atoms with van der Waals surface area (Å²) in [5.41, 5.74) is 8.62. The molecule has 0 amide bonds. The number of aromatic nitrogens is 1. The van der Waals surface area contributed by atoms with Crippen LogP contribution < -0.4 is 10.6 Å². The number of anilines is 1. The molecule has 3 heteroatoms. The van der Waals surface area contributed by atoms with Crippen molar-refractivity contribution in [2.75, 3.05) is 18.0 Å². The molecule has 0 bridgehead atoms. The van der Waals surface area contributed by atoms with Gasteiger partial charge >= 0.3 is 0 Å². The maximum Gasteiger partial charge on any atom is 0.0427 e. The molecular weight excluding hydrogens is 186 g/mol. The standard InChI is InChI=1S/C12H19N3/c1-9-4-6-15(8-11(9)13)12-3-5-14-7-10(12)2/h3,5,7,9,11H,4,6,8,13H2,1-2H3. The maximum atomic E-state index is 6.10. The zero-order chi connectivity index (χ0) is 10.8. The molecule has 3 nitrogen and oxygen atoms in total. The average molecular weight is 205 g/mol. The van der Waals surface area contributed by atoms with Gasteiger partial charge in [-0.15, -0.1) is 0 Å². The maximum absolute atomic E-state index is 6.10. The Morgan fingerprint density at radius 3 is 3.00 bits per heavy atom. The van der Waals surface area contributed by atoms with E-state index in [9.17, 15) is 0 Å². The molecule has 1 saturated heterocycles. The van der Waals surface area contributed by atoms with Crippen molar-refractivity contribution in [3.63, 3.8) is 0 Å². The molecule has 2 heterocycles. The lowest BCUT2D eigenvalue weighted by atomic mass is 9.94. The van der Waals surface area contributed by atoms with E-state index in [1.807, 2.05) is 12.4 Å². The van der Waals surface area contributed by atoms with Gasteiger partial charge in [-0.1, -0.05) is 6.92 Å². The predicted octanol–water partition coefficient (Wildman–Crippen LogP) is 1.56. The van der Waals surface area contributed by atoms with Crippen molar-refractivity contribution in [3.05, 3.63) is 24.0 Å². The largest absolute Gasteiger partial charge is 0.370 e. The summed E-state index contributed by atoms with van der Waals surface area (Å²) < 4.78 is 0. The van der Waals surface area contributed by atoms with E-state index in [0.717, 1.165) is 13.1 Å². The van der Waals surface area contributed by atoms with E-state index in [0.29, 0.717) is 12.0 Å². The summed E-state index contributed by atoms with van der Waals surface area (Å²) in [6.07, 6.45) is 4.95. The number of rotatable bonds is 1. The molecule has 15 heavy (non-hydrogen) atoms. The van der Waals surface area contributed by atoms with Gasteiger partial charge in [0.25, 0.3) is 0 Å². The predicted molar refractivity (Wildman–Crippen MR) is 62.9 cm³/mol. The molecule has 0 aromatic carbocycles. The topological polar surface area (TPSA) is 42.2 Å².